The SMILES string of the molecule is Cn1c(Br)c(COC(=S)Nc2ccc(Cl)cc2)c(=O)n1-c1ccccc1. The highest BCUT2D eigenvalue weighted by molar-refractivity contribution is 9.10. The largest absolute Gasteiger partial charge is 0.466 e. The maximum atomic E-state index is 12.8. The van der Waals surface area contributed by atoms with Crippen LogP contribution in [0.25, 0.3) is 5.69 Å². The fourth-order valence-corrected chi connectivity index (χ4v) is 3.19. The van der Waals surface area contributed by atoms with Crippen molar-refractivity contribution < 1.29 is 4.74 Å². The summed E-state index contributed by atoms with van der Waals surface area (Å²) in [7, 11) is 1.80. The molecule has 0 aliphatic carbocycles. The van der Waals surface area contributed by atoms with Crippen molar-refractivity contribution in [2.75, 3.05) is 5.32 Å². The van der Waals surface area contributed by atoms with Gasteiger partial charge in [0.25, 0.3) is 10.7 Å². The zero-order valence-electron chi connectivity index (χ0n) is 13.8. The first-order valence-electron chi connectivity index (χ1n) is 7.68. The van der Waals surface area contributed by atoms with Gasteiger partial charge >= 0.3 is 0 Å². The Hall–Kier alpha value is -2.09. The van der Waals surface area contributed by atoms with Gasteiger partial charge in [0, 0.05) is 17.8 Å². The minimum Gasteiger partial charge on any atom is -0.466 e. The first-order chi connectivity index (χ1) is 12.5. The van der Waals surface area contributed by atoms with E-state index < -0.39 is 0 Å². The number of nitrogens with zero attached hydrogens (tertiary/aromatic N) is 2. The number of hydrogen-bond acceptors (Lipinski definition) is 3. The molecule has 1 aromatic heterocycles. The molecule has 3 aromatic rings. The van der Waals surface area contributed by atoms with Crippen molar-refractivity contribution in [2.24, 2.45) is 7.05 Å². The molecule has 0 spiro atoms. The van der Waals surface area contributed by atoms with Crippen LogP contribution in [0.15, 0.2) is 64.0 Å². The molecule has 0 aliphatic heterocycles. The van der Waals surface area contributed by atoms with Crippen LogP contribution in [0.2, 0.25) is 5.02 Å². The summed E-state index contributed by atoms with van der Waals surface area (Å²) in [6.45, 7) is 0.0481. The lowest BCUT2D eigenvalue weighted by atomic mass is 10.3. The average Bonchev–Trinajstić information content (AvgIpc) is 2.85. The van der Waals surface area contributed by atoms with Crippen LogP contribution in [0, 0.1) is 0 Å². The van der Waals surface area contributed by atoms with Crippen LogP contribution in [0.4, 0.5) is 5.69 Å². The molecule has 0 saturated heterocycles. The Morgan fingerprint density at radius 2 is 1.85 bits per heavy atom. The number of nitrogens with one attached hydrogen (secondary N) is 1. The third kappa shape index (κ3) is 4.00. The summed E-state index contributed by atoms with van der Waals surface area (Å²) in [6, 6.07) is 16.5. The summed E-state index contributed by atoms with van der Waals surface area (Å²) in [5, 5.41) is 3.76. The number of benzene rings is 2. The van der Waals surface area contributed by atoms with Crippen LogP contribution in [-0.2, 0) is 18.4 Å². The lowest BCUT2D eigenvalue weighted by Gasteiger charge is -2.09. The molecule has 3 rings (SSSR count). The number of ether oxygens (including phenoxy) is 1. The van der Waals surface area contributed by atoms with Crippen molar-refractivity contribution in [1.82, 2.24) is 9.36 Å². The smallest absolute Gasteiger partial charge is 0.279 e. The van der Waals surface area contributed by atoms with Gasteiger partial charge in [0.2, 0.25) is 0 Å². The summed E-state index contributed by atoms with van der Waals surface area (Å²) >= 11 is 14.5. The van der Waals surface area contributed by atoms with E-state index >= 15 is 0 Å². The third-order valence-corrected chi connectivity index (χ3v) is 5.19. The molecular formula is C18H15BrClN3O2S. The van der Waals surface area contributed by atoms with Gasteiger partial charge in [-0.05, 0) is 64.5 Å². The Balaban J connectivity index is 1.75. The molecule has 8 heteroatoms. The second kappa shape index (κ2) is 8.07. The lowest BCUT2D eigenvalue weighted by Crippen LogP contribution is -2.22. The molecule has 0 radical (unpaired) electrons. The molecule has 134 valence electrons. The lowest BCUT2D eigenvalue weighted by molar-refractivity contribution is 0.298. The Bertz CT molecular complexity index is 984. The van der Waals surface area contributed by atoms with Gasteiger partial charge < -0.3 is 10.1 Å². The summed E-state index contributed by atoms with van der Waals surface area (Å²) in [5.74, 6) is 0. The zero-order valence-corrected chi connectivity index (χ0v) is 16.9. The third-order valence-electron chi connectivity index (χ3n) is 3.72. The Labute approximate surface area is 169 Å². The van der Waals surface area contributed by atoms with E-state index in [0.29, 0.717) is 15.2 Å². The van der Waals surface area contributed by atoms with E-state index in [1.165, 1.54) is 0 Å². The summed E-state index contributed by atoms with van der Waals surface area (Å²) in [5.41, 5.74) is 1.85. The topological polar surface area (TPSA) is 48.2 Å². The van der Waals surface area contributed by atoms with Crippen molar-refractivity contribution in [2.45, 2.75) is 6.61 Å². The average molecular weight is 453 g/mol. The number of halogens is 2. The zero-order chi connectivity index (χ0) is 18.7. The van der Waals surface area contributed by atoms with E-state index in [1.807, 2.05) is 30.3 Å². The van der Waals surface area contributed by atoms with Gasteiger partial charge in [-0.25, -0.2) is 4.68 Å². The molecule has 1 N–H and O–H groups in total. The standard InChI is InChI=1S/C18H15BrClN3O2S/c1-22-16(19)15(17(24)23(22)14-5-3-2-4-6-14)11-25-18(26)21-13-9-7-12(20)8-10-13/h2-10H,11H2,1H3,(H,21,26). The molecule has 0 bridgehead atoms. The highest BCUT2D eigenvalue weighted by atomic mass is 79.9. The number of aromatic nitrogens is 2. The minimum atomic E-state index is -0.167. The first kappa shape index (κ1) is 18.7. The first-order valence-corrected chi connectivity index (χ1v) is 9.26. The van der Waals surface area contributed by atoms with Crippen LogP contribution < -0.4 is 10.9 Å². The van der Waals surface area contributed by atoms with E-state index in [0.717, 1.165) is 11.4 Å². The Kier molecular flexibility index (Phi) is 5.80. The number of anilines is 1. The molecule has 2 aromatic carbocycles. The van der Waals surface area contributed by atoms with Gasteiger partial charge in [0.1, 0.15) is 11.2 Å². The fraction of sp³-hybridized carbons (Fsp3) is 0.111. The molecule has 0 atom stereocenters. The van der Waals surface area contributed by atoms with Crippen LogP contribution in [0.3, 0.4) is 0 Å². The Morgan fingerprint density at radius 1 is 1.19 bits per heavy atom. The fourth-order valence-electron chi connectivity index (χ4n) is 2.44. The van der Waals surface area contributed by atoms with Gasteiger partial charge in [0.15, 0.2) is 0 Å². The van der Waals surface area contributed by atoms with Gasteiger partial charge in [0.05, 0.1) is 11.3 Å². The molecule has 0 saturated carbocycles. The van der Waals surface area contributed by atoms with Crippen LogP contribution in [0.5, 0.6) is 0 Å². The van der Waals surface area contributed by atoms with Crippen molar-refractivity contribution >= 4 is 50.6 Å². The summed E-state index contributed by atoms with van der Waals surface area (Å²) < 4.78 is 9.49. The van der Waals surface area contributed by atoms with Crippen molar-refractivity contribution in [1.29, 1.82) is 0 Å². The van der Waals surface area contributed by atoms with E-state index in [-0.39, 0.29) is 17.3 Å². The number of thiocarbonyl (C=S) groups is 1. The van der Waals surface area contributed by atoms with E-state index in [9.17, 15) is 4.79 Å². The maximum absolute atomic E-state index is 12.8. The molecule has 26 heavy (non-hydrogen) atoms. The van der Waals surface area contributed by atoms with Gasteiger partial charge in [-0.1, -0.05) is 29.8 Å². The molecule has 5 nitrogen and oxygen atoms in total. The van der Waals surface area contributed by atoms with Crippen molar-refractivity contribution in [3.8, 4) is 5.69 Å². The van der Waals surface area contributed by atoms with Gasteiger partial charge in [-0.15, -0.1) is 0 Å². The molecule has 0 unspecified atom stereocenters. The van der Waals surface area contributed by atoms with Crippen LogP contribution >= 0.6 is 39.7 Å². The van der Waals surface area contributed by atoms with E-state index in [1.54, 1.807) is 40.7 Å². The minimum absolute atomic E-state index is 0.0481. The van der Waals surface area contributed by atoms with E-state index in [4.69, 9.17) is 28.6 Å². The second-order valence-electron chi connectivity index (χ2n) is 5.45. The highest BCUT2D eigenvalue weighted by Crippen LogP contribution is 2.18. The second-order valence-corrected chi connectivity index (χ2v) is 7.01. The normalized spacial score (nSPS) is 10.6. The number of rotatable bonds is 4. The van der Waals surface area contributed by atoms with Gasteiger partial charge in [-0.3, -0.25) is 9.48 Å². The predicted octanol–water partition coefficient (Wildman–Crippen LogP) is 4.51. The molecule has 0 fully saturated rings. The molecule has 1 heterocycles. The molecular weight excluding hydrogens is 438 g/mol. The molecule has 0 amide bonds. The summed E-state index contributed by atoms with van der Waals surface area (Å²) in [6.07, 6.45) is 0. The quantitative estimate of drug-likeness (QED) is 0.592. The van der Waals surface area contributed by atoms with E-state index in [2.05, 4.69) is 21.2 Å². The number of para-hydroxylation sites is 1. The van der Waals surface area contributed by atoms with Crippen LogP contribution in [-0.4, -0.2) is 14.5 Å². The molecule has 0 aliphatic rings. The highest BCUT2D eigenvalue weighted by Gasteiger charge is 2.18. The van der Waals surface area contributed by atoms with Gasteiger partial charge in [-0.2, -0.15) is 0 Å². The Morgan fingerprint density at radius 3 is 2.50 bits per heavy atom. The maximum Gasteiger partial charge on any atom is 0.279 e. The number of hydrogen-bond donors (Lipinski definition) is 1. The van der Waals surface area contributed by atoms with Crippen molar-refractivity contribution in [3.63, 3.8) is 0 Å². The predicted molar refractivity (Wildman–Crippen MR) is 111 cm³/mol. The van der Waals surface area contributed by atoms with Crippen molar-refractivity contribution in [3.05, 3.63) is 80.1 Å². The monoisotopic (exact) mass is 451 g/mol. The summed E-state index contributed by atoms with van der Waals surface area (Å²) in [4.78, 5) is 12.8. The van der Waals surface area contributed by atoms with Crippen LogP contribution in [0.1, 0.15) is 5.56 Å².